The first-order valence-electron chi connectivity index (χ1n) is 7.36. The summed E-state index contributed by atoms with van der Waals surface area (Å²) in [5.74, 6) is 0. The molecular weight excluding hydrogens is 242 g/mol. The number of hydrogen-bond acceptors (Lipinski definition) is 4. The molecule has 1 atom stereocenters. The zero-order valence-corrected chi connectivity index (χ0v) is 12.6. The summed E-state index contributed by atoms with van der Waals surface area (Å²) >= 11 is 1.47. The van der Waals surface area contributed by atoms with Gasteiger partial charge in [0.05, 0.1) is 10.6 Å². The molecule has 0 bridgehead atoms. The molecule has 104 valence electrons. The van der Waals surface area contributed by atoms with Gasteiger partial charge in [-0.05, 0) is 24.4 Å². The molecule has 0 saturated carbocycles. The molecule has 0 aliphatic rings. The topological polar surface area (TPSA) is 51.8 Å². The van der Waals surface area contributed by atoms with Crippen molar-refractivity contribution in [3.8, 4) is 0 Å². The number of hydrogen-bond donors (Lipinski definition) is 1. The van der Waals surface area contributed by atoms with Gasteiger partial charge in [-0.3, -0.25) is 0 Å². The maximum atomic E-state index is 6.21. The first-order valence-corrected chi connectivity index (χ1v) is 8.13. The number of nitrogens with two attached hydrogens (primary N) is 1. The van der Waals surface area contributed by atoms with Gasteiger partial charge in [0.15, 0.2) is 0 Å². The quantitative estimate of drug-likeness (QED) is 0.646. The molecule has 1 rings (SSSR count). The van der Waals surface area contributed by atoms with Gasteiger partial charge in [0.2, 0.25) is 0 Å². The summed E-state index contributed by atoms with van der Waals surface area (Å²) in [6.07, 6.45) is 11.4. The number of rotatable bonds is 10. The number of aryl methyl sites for hydroxylation is 1. The molecule has 1 unspecified atom stereocenters. The Labute approximate surface area is 115 Å². The van der Waals surface area contributed by atoms with Gasteiger partial charge in [0, 0.05) is 6.04 Å². The third kappa shape index (κ3) is 5.44. The largest absolute Gasteiger partial charge is 0.323 e. The Hall–Kier alpha value is -0.480. The Morgan fingerprint density at radius 2 is 1.72 bits per heavy atom. The lowest BCUT2D eigenvalue weighted by Gasteiger charge is -2.09. The van der Waals surface area contributed by atoms with Crippen LogP contribution in [0.3, 0.4) is 0 Å². The monoisotopic (exact) mass is 269 g/mol. The molecule has 1 heterocycles. The minimum atomic E-state index is 0.149. The van der Waals surface area contributed by atoms with Crippen molar-refractivity contribution in [2.75, 3.05) is 0 Å². The lowest BCUT2D eigenvalue weighted by molar-refractivity contribution is 0.542. The fourth-order valence-corrected chi connectivity index (χ4v) is 2.97. The van der Waals surface area contributed by atoms with Gasteiger partial charge in [-0.25, -0.2) is 0 Å². The Morgan fingerprint density at radius 3 is 2.39 bits per heavy atom. The zero-order valence-electron chi connectivity index (χ0n) is 11.8. The highest BCUT2D eigenvalue weighted by Crippen LogP contribution is 2.23. The van der Waals surface area contributed by atoms with Crippen molar-refractivity contribution in [1.82, 2.24) is 9.59 Å². The molecule has 0 aliphatic heterocycles. The average Bonchev–Trinajstić information content (AvgIpc) is 2.85. The van der Waals surface area contributed by atoms with E-state index < -0.39 is 0 Å². The highest BCUT2D eigenvalue weighted by Gasteiger charge is 2.13. The summed E-state index contributed by atoms with van der Waals surface area (Å²) in [5, 5.41) is 4.12. The molecule has 0 saturated heterocycles. The van der Waals surface area contributed by atoms with Gasteiger partial charge < -0.3 is 5.73 Å². The first-order chi connectivity index (χ1) is 8.79. The zero-order chi connectivity index (χ0) is 13.2. The van der Waals surface area contributed by atoms with Crippen molar-refractivity contribution in [3.05, 3.63) is 10.6 Å². The predicted molar refractivity (Wildman–Crippen MR) is 78.8 cm³/mol. The molecule has 0 spiro atoms. The normalized spacial score (nSPS) is 12.8. The van der Waals surface area contributed by atoms with Crippen molar-refractivity contribution < 1.29 is 0 Å². The van der Waals surface area contributed by atoms with E-state index in [0.717, 1.165) is 18.5 Å². The summed E-state index contributed by atoms with van der Waals surface area (Å²) in [4.78, 5) is 1.20. The lowest BCUT2D eigenvalue weighted by atomic mass is 10.0. The molecule has 4 heteroatoms. The van der Waals surface area contributed by atoms with Crippen LogP contribution in [0.5, 0.6) is 0 Å². The van der Waals surface area contributed by atoms with Crippen LogP contribution in [0.25, 0.3) is 0 Å². The molecular formula is C14H27N3S. The van der Waals surface area contributed by atoms with E-state index in [-0.39, 0.29) is 6.04 Å². The number of nitrogens with zero attached hydrogens (tertiary/aromatic N) is 2. The van der Waals surface area contributed by atoms with Gasteiger partial charge in [-0.1, -0.05) is 63.3 Å². The Kier molecular flexibility index (Phi) is 8.18. The maximum absolute atomic E-state index is 6.21. The minimum absolute atomic E-state index is 0.149. The summed E-state index contributed by atoms with van der Waals surface area (Å²) < 4.78 is 4.00. The van der Waals surface area contributed by atoms with E-state index in [1.807, 2.05) is 0 Å². The van der Waals surface area contributed by atoms with Gasteiger partial charge in [-0.15, -0.1) is 5.10 Å². The molecule has 2 N–H and O–H groups in total. The molecule has 0 aromatic carbocycles. The molecule has 1 aromatic rings. The molecule has 3 nitrogen and oxygen atoms in total. The summed E-state index contributed by atoms with van der Waals surface area (Å²) in [7, 11) is 0. The van der Waals surface area contributed by atoms with E-state index >= 15 is 0 Å². The van der Waals surface area contributed by atoms with Crippen LogP contribution in [0.15, 0.2) is 0 Å². The van der Waals surface area contributed by atoms with Crippen molar-refractivity contribution in [3.63, 3.8) is 0 Å². The van der Waals surface area contributed by atoms with Crippen LogP contribution >= 0.6 is 11.5 Å². The fourth-order valence-electron chi connectivity index (χ4n) is 2.19. The SMILES string of the molecule is CCCCCCCCCC(N)c1snnc1CC. The van der Waals surface area contributed by atoms with Crippen LogP contribution in [0, 0.1) is 0 Å². The van der Waals surface area contributed by atoms with Gasteiger partial charge in [0.1, 0.15) is 0 Å². The van der Waals surface area contributed by atoms with Gasteiger partial charge >= 0.3 is 0 Å². The molecule has 18 heavy (non-hydrogen) atoms. The van der Waals surface area contributed by atoms with Crippen LogP contribution in [-0.4, -0.2) is 9.59 Å². The Balaban J connectivity index is 2.12. The van der Waals surface area contributed by atoms with Gasteiger partial charge in [0.25, 0.3) is 0 Å². The van der Waals surface area contributed by atoms with Crippen LogP contribution < -0.4 is 5.73 Å². The average molecular weight is 269 g/mol. The van der Waals surface area contributed by atoms with Crippen molar-refractivity contribution >= 4 is 11.5 Å². The van der Waals surface area contributed by atoms with Crippen molar-refractivity contribution in [2.45, 2.75) is 77.7 Å². The van der Waals surface area contributed by atoms with Crippen molar-refractivity contribution in [1.29, 1.82) is 0 Å². The standard InChI is InChI=1S/C14H27N3S/c1-3-5-6-7-8-9-10-11-12(15)14-13(4-2)16-17-18-14/h12H,3-11,15H2,1-2H3. The predicted octanol–water partition coefficient (Wildman–Crippen LogP) is 4.24. The minimum Gasteiger partial charge on any atom is -0.323 e. The van der Waals surface area contributed by atoms with Crippen LogP contribution in [-0.2, 0) is 6.42 Å². The molecule has 0 amide bonds. The van der Waals surface area contributed by atoms with E-state index in [1.165, 1.54) is 61.4 Å². The molecule has 0 aliphatic carbocycles. The second-order valence-corrected chi connectivity index (χ2v) is 5.74. The number of aromatic nitrogens is 2. The van der Waals surface area contributed by atoms with E-state index in [4.69, 9.17) is 5.73 Å². The summed E-state index contributed by atoms with van der Waals surface area (Å²) in [6, 6.07) is 0.149. The van der Waals surface area contributed by atoms with Crippen molar-refractivity contribution in [2.24, 2.45) is 5.73 Å². The third-order valence-corrected chi connectivity index (χ3v) is 4.27. The van der Waals surface area contributed by atoms with E-state index in [0.29, 0.717) is 0 Å². The number of unbranched alkanes of at least 4 members (excludes halogenated alkanes) is 6. The molecule has 1 aromatic heterocycles. The Bertz CT molecular complexity index is 312. The van der Waals surface area contributed by atoms with Gasteiger partial charge in [-0.2, -0.15) is 0 Å². The highest BCUT2D eigenvalue weighted by atomic mass is 32.1. The van der Waals surface area contributed by atoms with Crippen LogP contribution in [0.2, 0.25) is 0 Å². The molecule has 0 radical (unpaired) electrons. The smallest absolute Gasteiger partial charge is 0.0800 e. The summed E-state index contributed by atoms with van der Waals surface area (Å²) in [5.41, 5.74) is 7.30. The highest BCUT2D eigenvalue weighted by molar-refractivity contribution is 7.05. The molecule has 0 fully saturated rings. The van der Waals surface area contributed by atoms with E-state index in [1.54, 1.807) is 0 Å². The van der Waals surface area contributed by atoms with Crippen LogP contribution in [0.4, 0.5) is 0 Å². The third-order valence-electron chi connectivity index (χ3n) is 3.38. The first kappa shape index (κ1) is 15.6. The maximum Gasteiger partial charge on any atom is 0.0800 e. The van der Waals surface area contributed by atoms with Crippen LogP contribution in [0.1, 0.15) is 81.8 Å². The lowest BCUT2D eigenvalue weighted by Crippen LogP contribution is -2.10. The Morgan fingerprint density at radius 1 is 1.06 bits per heavy atom. The fraction of sp³-hybridized carbons (Fsp3) is 0.857. The van der Waals surface area contributed by atoms with E-state index in [2.05, 4.69) is 23.4 Å². The second-order valence-electron chi connectivity index (χ2n) is 4.95. The van der Waals surface area contributed by atoms with E-state index in [9.17, 15) is 0 Å². The summed E-state index contributed by atoms with van der Waals surface area (Å²) in [6.45, 7) is 4.37. The second kappa shape index (κ2) is 9.45.